The molecule has 3 amide bonds. The predicted octanol–water partition coefficient (Wildman–Crippen LogP) is 1.97. The van der Waals surface area contributed by atoms with E-state index in [4.69, 9.17) is 10.5 Å². The van der Waals surface area contributed by atoms with Gasteiger partial charge in [-0.05, 0) is 45.2 Å². The van der Waals surface area contributed by atoms with E-state index in [1.807, 2.05) is 0 Å². The van der Waals surface area contributed by atoms with Crippen molar-refractivity contribution in [3.05, 3.63) is 29.6 Å². The summed E-state index contributed by atoms with van der Waals surface area (Å²) in [6, 6.07) is -0.305. The van der Waals surface area contributed by atoms with Gasteiger partial charge in [0.2, 0.25) is 11.8 Å². The molecule has 2 atom stereocenters. The molecule has 15 heteroatoms. The normalized spacial score (nSPS) is 17.6. The van der Waals surface area contributed by atoms with Crippen molar-refractivity contribution in [3.63, 3.8) is 0 Å². The number of primary amides is 1. The van der Waals surface area contributed by atoms with Gasteiger partial charge in [-0.15, -0.1) is 0 Å². The molecule has 2 rings (SSSR count). The standard InChI is InChI=1S/C20H25F4N3O7S/c1-19(2,3)33-18(30)26-14(17(29)27-8-4-5-15(27)16(25)28)9-11-6-7-12(10-13(11)21)34-35(31,32)20(22,23)24/h6-7,10,14-15H,4-5,8-9H2,1-3H3,(H2,25,28)(H,26,30)/t14?,15-/m0/s1. The van der Waals surface area contributed by atoms with Crippen molar-refractivity contribution in [2.24, 2.45) is 5.73 Å². The summed E-state index contributed by atoms with van der Waals surface area (Å²) in [6.07, 6.45) is -0.749. The molecule has 1 fully saturated rings. The molecule has 0 aromatic heterocycles. The number of amides is 3. The summed E-state index contributed by atoms with van der Waals surface area (Å²) in [6.45, 7) is 4.87. The molecule has 1 aromatic carbocycles. The van der Waals surface area contributed by atoms with Crippen molar-refractivity contribution in [1.29, 1.82) is 0 Å². The van der Waals surface area contributed by atoms with E-state index in [1.54, 1.807) is 20.8 Å². The van der Waals surface area contributed by atoms with Gasteiger partial charge in [0.25, 0.3) is 0 Å². The van der Waals surface area contributed by atoms with Crippen LogP contribution < -0.4 is 15.2 Å². The van der Waals surface area contributed by atoms with E-state index in [9.17, 15) is 40.4 Å². The molecule has 1 aliphatic heterocycles. The second kappa shape index (κ2) is 10.3. The van der Waals surface area contributed by atoms with E-state index in [-0.39, 0.29) is 12.1 Å². The number of carbonyl (C=O) groups excluding carboxylic acids is 3. The molecule has 10 nitrogen and oxygen atoms in total. The maximum atomic E-state index is 14.6. The van der Waals surface area contributed by atoms with Crippen molar-refractivity contribution >= 4 is 28.0 Å². The number of nitrogens with one attached hydrogen (secondary N) is 1. The van der Waals surface area contributed by atoms with Crippen molar-refractivity contribution in [1.82, 2.24) is 10.2 Å². The highest BCUT2D eigenvalue weighted by molar-refractivity contribution is 7.88. The highest BCUT2D eigenvalue weighted by atomic mass is 32.2. The Morgan fingerprint density at radius 2 is 1.86 bits per heavy atom. The SMILES string of the molecule is CC(C)(C)OC(=O)NC(Cc1ccc(OS(=O)(=O)C(F)(F)F)cc1F)C(=O)N1CCC[C@H]1C(N)=O. The number of carbonyl (C=O) groups is 3. The summed E-state index contributed by atoms with van der Waals surface area (Å²) >= 11 is 0. The fraction of sp³-hybridized carbons (Fsp3) is 0.550. The first kappa shape index (κ1) is 28.1. The highest BCUT2D eigenvalue weighted by Gasteiger charge is 2.48. The van der Waals surface area contributed by atoms with Gasteiger partial charge in [0.05, 0.1) is 0 Å². The Balaban J connectivity index is 2.31. The molecule has 1 heterocycles. The van der Waals surface area contributed by atoms with Gasteiger partial charge in [-0.1, -0.05) is 6.07 Å². The largest absolute Gasteiger partial charge is 0.534 e. The Labute approximate surface area is 198 Å². The average Bonchev–Trinajstić information content (AvgIpc) is 3.16. The maximum absolute atomic E-state index is 14.6. The van der Waals surface area contributed by atoms with Crippen molar-refractivity contribution in [2.75, 3.05) is 6.54 Å². The van der Waals surface area contributed by atoms with E-state index in [1.165, 1.54) is 0 Å². The lowest BCUT2D eigenvalue weighted by Crippen LogP contribution is -2.54. The lowest BCUT2D eigenvalue weighted by molar-refractivity contribution is -0.139. The number of benzene rings is 1. The van der Waals surface area contributed by atoms with Crippen LogP contribution in [-0.2, 0) is 30.9 Å². The molecule has 0 bridgehead atoms. The Morgan fingerprint density at radius 3 is 2.37 bits per heavy atom. The zero-order chi connectivity index (χ0) is 26.8. The molecule has 1 aliphatic rings. The van der Waals surface area contributed by atoms with Crippen molar-refractivity contribution in [3.8, 4) is 5.75 Å². The second-order valence-corrected chi connectivity index (χ2v) is 10.3. The van der Waals surface area contributed by atoms with E-state index in [0.717, 1.165) is 17.0 Å². The fourth-order valence-corrected chi connectivity index (χ4v) is 3.77. The van der Waals surface area contributed by atoms with Crippen LogP contribution in [-0.4, -0.2) is 61.0 Å². The van der Waals surface area contributed by atoms with Gasteiger partial charge in [-0.25, -0.2) is 9.18 Å². The molecule has 196 valence electrons. The van der Waals surface area contributed by atoms with Crippen molar-refractivity contribution < 1.29 is 49.3 Å². The molecular formula is C20H25F4N3O7S. The number of likely N-dealkylation sites (tertiary alicyclic amines) is 1. The van der Waals surface area contributed by atoms with Crippen LogP contribution in [0.4, 0.5) is 22.4 Å². The molecule has 1 saturated heterocycles. The molecule has 0 radical (unpaired) electrons. The fourth-order valence-electron chi connectivity index (χ4n) is 3.32. The van der Waals surface area contributed by atoms with E-state index >= 15 is 0 Å². The van der Waals surface area contributed by atoms with E-state index in [0.29, 0.717) is 18.9 Å². The summed E-state index contributed by atoms with van der Waals surface area (Å²) in [4.78, 5) is 38.3. The lowest BCUT2D eigenvalue weighted by atomic mass is 10.0. The topological polar surface area (TPSA) is 145 Å². The number of hydrogen-bond acceptors (Lipinski definition) is 7. The number of nitrogens with zero attached hydrogens (tertiary/aromatic N) is 1. The van der Waals surface area contributed by atoms with Crippen LogP contribution in [0, 0.1) is 5.82 Å². The number of alkyl halides is 3. The summed E-state index contributed by atoms with van der Waals surface area (Å²) in [7, 11) is -6.02. The van der Waals surface area contributed by atoms with E-state index in [2.05, 4.69) is 9.50 Å². The third kappa shape index (κ3) is 7.44. The Kier molecular flexibility index (Phi) is 8.25. The first-order valence-electron chi connectivity index (χ1n) is 10.3. The van der Waals surface area contributed by atoms with Gasteiger partial charge in [-0.3, -0.25) is 9.59 Å². The molecule has 1 aromatic rings. The molecule has 0 saturated carbocycles. The van der Waals surface area contributed by atoms with Gasteiger partial charge >= 0.3 is 21.7 Å². The molecular weight excluding hydrogens is 502 g/mol. The summed E-state index contributed by atoms with van der Waals surface area (Å²) in [5.74, 6) is -3.65. The summed E-state index contributed by atoms with van der Waals surface area (Å²) < 4.78 is 83.4. The summed E-state index contributed by atoms with van der Waals surface area (Å²) in [5.41, 5.74) is -1.58. The first-order valence-corrected chi connectivity index (χ1v) is 11.7. The minimum atomic E-state index is -6.02. The smallest absolute Gasteiger partial charge is 0.444 e. The van der Waals surface area contributed by atoms with Gasteiger partial charge in [0.1, 0.15) is 29.3 Å². The quantitative estimate of drug-likeness (QED) is 0.313. The number of alkyl carbamates (subject to hydrolysis) is 1. The zero-order valence-corrected chi connectivity index (χ0v) is 19.8. The van der Waals surface area contributed by atoms with E-state index < -0.39 is 69.2 Å². The Hall–Kier alpha value is -3.10. The van der Waals surface area contributed by atoms with Crippen LogP contribution in [0.2, 0.25) is 0 Å². The van der Waals surface area contributed by atoms with Crippen LogP contribution in [0.25, 0.3) is 0 Å². The first-order chi connectivity index (χ1) is 15.9. The monoisotopic (exact) mass is 527 g/mol. The van der Waals surface area contributed by atoms with Crippen LogP contribution in [0.3, 0.4) is 0 Å². The lowest BCUT2D eigenvalue weighted by Gasteiger charge is -2.29. The van der Waals surface area contributed by atoms with Crippen LogP contribution in [0.15, 0.2) is 18.2 Å². The van der Waals surface area contributed by atoms with Crippen LogP contribution in [0.1, 0.15) is 39.2 Å². The zero-order valence-electron chi connectivity index (χ0n) is 19.0. The van der Waals surface area contributed by atoms with Gasteiger partial charge in [0, 0.05) is 19.0 Å². The van der Waals surface area contributed by atoms with Crippen molar-refractivity contribution in [2.45, 2.75) is 63.2 Å². The maximum Gasteiger partial charge on any atom is 0.534 e. The number of ether oxygens (including phenoxy) is 1. The molecule has 0 spiro atoms. The Bertz CT molecular complexity index is 1090. The van der Waals surface area contributed by atoms with Crippen LogP contribution in [0.5, 0.6) is 5.75 Å². The molecule has 35 heavy (non-hydrogen) atoms. The van der Waals surface area contributed by atoms with Gasteiger partial charge < -0.3 is 24.9 Å². The predicted molar refractivity (Wildman–Crippen MR) is 113 cm³/mol. The van der Waals surface area contributed by atoms with Gasteiger partial charge in [-0.2, -0.15) is 21.6 Å². The minimum Gasteiger partial charge on any atom is -0.444 e. The molecule has 0 aliphatic carbocycles. The number of rotatable bonds is 7. The summed E-state index contributed by atoms with van der Waals surface area (Å²) in [5, 5.41) is 2.31. The second-order valence-electron chi connectivity index (χ2n) is 8.73. The minimum absolute atomic E-state index is 0.156. The third-order valence-electron chi connectivity index (χ3n) is 4.79. The van der Waals surface area contributed by atoms with Crippen LogP contribution >= 0.6 is 0 Å². The average molecular weight is 527 g/mol. The van der Waals surface area contributed by atoms with Gasteiger partial charge in [0.15, 0.2) is 0 Å². The third-order valence-corrected chi connectivity index (χ3v) is 5.77. The number of nitrogens with two attached hydrogens (primary N) is 1. The highest BCUT2D eigenvalue weighted by Crippen LogP contribution is 2.28. The molecule has 1 unspecified atom stereocenters. The Morgan fingerprint density at radius 1 is 1.23 bits per heavy atom. The number of halogens is 4. The number of hydrogen-bond donors (Lipinski definition) is 2. The molecule has 3 N–H and O–H groups in total.